The van der Waals surface area contributed by atoms with E-state index in [1.165, 1.54) is 36.4 Å². The Morgan fingerprint density at radius 3 is 2.33 bits per heavy atom. The molecule has 0 fully saturated rings. The van der Waals surface area contributed by atoms with Crippen molar-refractivity contribution in [2.24, 2.45) is 0 Å². The van der Waals surface area contributed by atoms with Crippen LogP contribution < -0.4 is 5.73 Å². The van der Waals surface area contributed by atoms with Crippen molar-refractivity contribution in [2.75, 3.05) is 5.73 Å². The van der Waals surface area contributed by atoms with Crippen LogP contribution in [0.15, 0.2) is 36.4 Å². The van der Waals surface area contributed by atoms with E-state index >= 15 is 0 Å². The number of phenols is 2. The fourth-order valence-electron chi connectivity index (χ4n) is 1.54. The Balaban J connectivity index is 2.46. The van der Waals surface area contributed by atoms with Crippen LogP contribution in [0.4, 0.5) is 5.69 Å². The zero-order chi connectivity index (χ0) is 13.3. The van der Waals surface area contributed by atoms with E-state index in [1.807, 2.05) is 0 Å². The Labute approximate surface area is 108 Å². The van der Waals surface area contributed by atoms with Gasteiger partial charge in [-0.25, -0.2) is 0 Å². The summed E-state index contributed by atoms with van der Waals surface area (Å²) in [6, 6.07) is 8.34. The van der Waals surface area contributed by atoms with Crippen molar-refractivity contribution in [3.8, 4) is 11.5 Å². The van der Waals surface area contributed by atoms with E-state index in [0.717, 1.165) is 0 Å². The normalized spacial score (nSPS) is 10.3. The fourth-order valence-corrected chi connectivity index (χ4v) is 1.71. The quantitative estimate of drug-likeness (QED) is 0.574. The summed E-state index contributed by atoms with van der Waals surface area (Å²) in [4.78, 5) is 12.1. The van der Waals surface area contributed by atoms with Crippen LogP contribution in [0, 0.1) is 0 Å². The largest absolute Gasteiger partial charge is 0.508 e. The highest BCUT2D eigenvalue weighted by atomic mass is 35.5. The fraction of sp³-hybridized carbons (Fsp3) is 0. The molecule has 4 N–H and O–H groups in total. The van der Waals surface area contributed by atoms with Gasteiger partial charge in [-0.15, -0.1) is 0 Å². The van der Waals surface area contributed by atoms with Crippen molar-refractivity contribution in [1.29, 1.82) is 0 Å². The number of ketones is 1. The molecule has 2 rings (SSSR count). The van der Waals surface area contributed by atoms with Crippen LogP contribution in [-0.4, -0.2) is 16.0 Å². The van der Waals surface area contributed by atoms with Crippen LogP contribution in [0.5, 0.6) is 11.5 Å². The van der Waals surface area contributed by atoms with E-state index < -0.39 is 0 Å². The first-order valence-corrected chi connectivity index (χ1v) is 5.48. The summed E-state index contributed by atoms with van der Waals surface area (Å²) in [6.07, 6.45) is 0. The summed E-state index contributed by atoms with van der Waals surface area (Å²) in [6.45, 7) is 0. The van der Waals surface area contributed by atoms with E-state index in [-0.39, 0.29) is 33.6 Å². The molecule has 0 unspecified atom stereocenters. The second-order valence-corrected chi connectivity index (χ2v) is 4.17. The molecule has 4 nitrogen and oxygen atoms in total. The van der Waals surface area contributed by atoms with Crippen LogP contribution in [0.1, 0.15) is 15.9 Å². The zero-order valence-electron chi connectivity index (χ0n) is 9.22. The third-order valence-corrected chi connectivity index (χ3v) is 2.80. The minimum absolute atomic E-state index is 0.0614. The van der Waals surface area contributed by atoms with E-state index in [0.29, 0.717) is 5.56 Å². The van der Waals surface area contributed by atoms with Crippen LogP contribution in [0.3, 0.4) is 0 Å². The van der Waals surface area contributed by atoms with Crippen molar-refractivity contribution in [1.82, 2.24) is 0 Å². The van der Waals surface area contributed by atoms with Gasteiger partial charge in [0.1, 0.15) is 11.5 Å². The third-order valence-electron chi connectivity index (χ3n) is 2.49. The Morgan fingerprint density at radius 1 is 1.11 bits per heavy atom. The summed E-state index contributed by atoms with van der Waals surface area (Å²) >= 11 is 5.74. The molecular formula is C13H10ClNO3. The molecule has 2 aromatic rings. The van der Waals surface area contributed by atoms with Crippen LogP contribution in [0.25, 0.3) is 0 Å². The van der Waals surface area contributed by atoms with Gasteiger partial charge in [-0.05, 0) is 30.3 Å². The SMILES string of the molecule is Nc1cc(O)c(Cl)cc1C(=O)c1ccc(O)cc1. The summed E-state index contributed by atoms with van der Waals surface area (Å²) in [5.41, 5.74) is 6.41. The molecule has 2 aromatic carbocycles. The topological polar surface area (TPSA) is 83.5 Å². The Bertz CT molecular complexity index is 608. The number of nitrogens with two attached hydrogens (primary N) is 1. The molecule has 0 bridgehead atoms. The Morgan fingerprint density at radius 2 is 1.72 bits per heavy atom. The van der Waals surface area contributed by atoms with Gasteiger partial charge in [0.2, 0.25) is 0 Å². The second kappa shape index (κ2) is 4.58. The molecule has 0 spiro atoms. The van der Waals surface area contributed by atoms with Crippen molar-refractivity contribution in [3.05, 3.63) is 52.5 Å². The Kier molecular flexibility index (Phi) is 3.12. The maximum atomic E-state index is 12.1. The molecule has 0 saturated heterocycles. The molecule has 5 heteroatoms. The minimum atomic E-state index is -0.325. The number of benzene rings is 2. The van der Waals surface area contributed by atoms with Gasteiger partial charge >= 0.3 is 0 Å². The van der Waals surface area contributed by atoms with Crippen LogP contribution >= 0.6 is 11.6 Å². The first-order valence-electron chi connectivity index (χ1n) is 5.11. The van der Waals surface area contributed by atoms with Gasteiger partial charge in [-0.1, -0.05) is 11.6 Å². The number of anilines is 1. The number of phenolic OH excluding ortho intramolecular Hbond substituents is 2. The molecule has 0 heterocycles. The average molecular weight is 264 g/mol. The molecule has 0 aromatic heterocycles. The predicted octanol–water partition coefficient (Wildman–Crippen LogP) is 2.56. The van der Waals surface area contributed by atoms with Crippen molar-refractivity contribution >= 4 is 23.1 Å². The molecule has 0 aliphatic heterocycles. The van der Waals surface area contributed by atoms with E-state index in [1.54, 1.807) is 0 Å². The van der Waals surface area contributed by atoms with Gasteiger partial charge in [0.05, 0.1) is 5.02 Å². The lowest BCUT2D eigenvalue weighted by molar-refractivity contribution is 0.103. The first kappa shape index (κ1) is 12.3. The van der Waals surface area contributed by atoms with Gasteiger partial charge in [0, 0.05) is 22.9 Å². The van der Waals surface area contributed by atoms with Gasteiger partial charge in [0.25, 0.3) is 0 Å². The minimum Gasteiger partial charge on any atom is -0.508 e. The third kappa shape index (κ3) is 2.24. The van der Waals surface area contributed by atoms with Gasteiger partial charge in [-0.3, -0.25) is 4.79 Å². The summed E-state index contributed by atoms with van der Waals surface area (Å²) in [5, 5.41) is 18.6. The number of halogens is 1. The standard InChI is InChI=1S/C13H10ClNO3/c14-10-5-9(11(15)6-12(10)17)13(18)7-1-3-8(16)4-2-7/h1-6,16-17H,15H2. The molecule has 0 radical (unpaired) electrons. The number of carbonyl (C=O) groups excluding carboxylic acids is 1. The Hall–Kier alpha value is -2.20. The summed E-state index contributed by atoms with van der Waals surface area (Å²) < 4.78 is 0. The highest BCUT2D eigenvalue weighted by Gasteiger charge is 2.15. The molecule has 92 valence electrons. The molecule has 0 aliphatic carbocycles. The first-order chi connectivity index (χ1) is 8.49. The lowest BCUT2D eigenvalue weighted by atomic mass is 10.0. The number of carbonyl (C=O) groups is 1. The van der Waals surface area contributed by atoms with Gasteiger partial charge < -0.3 is 15.9 Å². The number of nitrogen functional groups attached to an aromatic ring is 1. The molecule has 0 saturated carbocycles. The highest BCUT2D eigenvalue weighted by Crippen LogP contribution is 2.30. The molecule has 0 aliphatic rings. The van der Waals surface area contributed by atoms with Crippen molar-refractivity contribution in [3.63, 3.8) is 0 Å². The zero-order valence-corrected chi connectivity index (χ0v) is 9.98. The number of hydrogen-bond acceptors (Lipinski definition) is 4. The molecule has 18 heavy (non-hydrogen) atoms. The van der Waals surface area contributed by atoms with Crippen molar-refractivity contribution < 1.29 is 15.0 Å². The highest BCUT2D eigenvalue weighted by molar-refractivity contribution is 6.32. The lowest BCUT2D eigenvalue weighted by Crippen LogP contribution is -2.05. The van der Waals surface area contributed by atoms with E-state index in [2.05, 4.69) is 0 Å². The predicted molar refractivity (Wildman–Crippen MR) is 69.1 cm³/mol. The van der Waals surface area contributed by atoms with Crippen LogP contribution in [0.2, 0.25) is 5.02 Å². The average Bonchev–Trinajstić information content (AvgIpc) is 2.34. The maximum Gasteiger partial charge on any atom is 0.195 e. The maximum absolute atomic E-state index is 12.1. The molecular weight excluding hydrogens is 254 g/mol. The van der Waals surface area contributed by atoms with Crippen LogP contribution in [-0.2, 0) is 0 Å². The number of aromatic hydroxyl groups is 2. The lowest BCUT2D eigenvalue weighted by Gasteiger charge is -2.07. The molecule has 0 amide bonds. The van der Waals surface area contributed by atoms with E-state index in [4.69, 9.17) is 22.4 Å². The number of hydrogen-bond donors (Lipinski definition) is 3. The smallest absolute Gasteiger partial charge is 0.195 e. The summed E-state index contributed by atoms with van der Waals surface area (Å²) in [7, 11) is 0. The van der Waals surface area contributed by atoms with Gasteiger partial charge in [0.15, 0.2) is 5.78 Å². The monoisotopic (exact) mass is 263 g/mol. The molecule has 0 atom stereocenters. The van der Waals surface area contributed by atoms with E-state index in [9.17, 15) is 9.90 Å². The van der Waals surface area contributed by atoms with Crippen molar-refractivity contribution in [2.45, 2.75) is 0 Å². The van der Waals surface area contributed by atoms with Gasteiger partial charge in [-0.2, -0.15) is 0 Å². The number of rotatable bonds is 2. The summed E-state index contributed by atoms with van der Waals surface area (Å²) in [5.74, 6) is -0.422. The second-order valence-electron chi connectivity index (χ2n) is 3.77.